The lowest BCUT2D eigenvalue weighted by Gasteiger charge is -2.70. The lowest BCUT2D eigenvalue weighted by Crippen LogP contribution is -2.67. The predicted molar refractivity (Wildman–Crippen MR) is 154 cm³/mol. The normalized spacial score (nSPS) is 49.9. The summed E-state index contributed by atoms with van der Waals surface area (Å²) in [6, 6.07) is 0. The molecule has 0 aromatic rings. The fourth-order valence-electron chi connectivity index (χ4n) is 11.8. The first-order valence-corrected chi connectivity index (χ1v) is 16.0. The van der Waals surface area contributed by atoms with Gasteiger partial charge < -0.3 is 19.3 Å². The van der Waals surface area contributed by atoms with E-state index in [1.807, 2.05) is 13.8 Å². The Balaban J connectivity index is 1.52. The molecule has 0 aromatic heterocycles. The molecule has 0 bridgehead atoms. The second kappa shape index (κ2) is 9.43. The van der Waals surface area contributed by atoms with Crippen molar-refractivity contribution in [3.63, 3.8) is 0 Å². The minimum atomic E-state index is -0.872. The van der Waals surface area contributed by atoms with E-state index in [-0.39, 0.29) is 69.3 Å². The molecule has 0 amide bonds. The monoisotopic (exact) mass is 560 g/mol. The van der Waals surface area contributed by atoms with Crippen molar-refractivity contribution in [1.29, 1.82) is 0 Å². The van der Waals surface area contributed by atoms with Gasteiger partial charge in [-0.3, -0.25) is 9.59 Å². The molecule has 4 saturated carbocycles. The van der Waals surface area contributed by atoms with Crippen molar-refractivity contribution in [3.8, 4) is 0 Å². The number of rotatable bonds is 4. The highest BCUT2D eigenvalue weighted by Crippen LogP contribution is 2.76. The van der Waals surface area contributed by atoms with E-state index < -0.39 is 5.60 Å². The molecule has 40 heavy (non-hydrogen) atoms. The Bertz CT molecular complexity index is 1030. The molecule has 1 saturated heterocycles. The first-order valence-electron chi connectivity index (χ1n) is 16.0. The first-order chi connectivity index (χ1) is 18.3. The van der Waals surface area contributed by atoms with Crippen LogP contribution in [0.1, 0.15) is 127 Å². The number of hydrogen-bond donors (Lipinski definition) is 1. The average molecular weight is 561 g/mol. The summed E-state index contributed by atoms with van der Waals surface area (Å²) in [5.74, 6) is 1.00. The van der Waals surface area contributed by atoms with Crippen LogP contribution in [0.15, 0.2) is 0 Å². The molecule has 6 heteroatoms. The van der Waals surface area contributed by atoms with Gasteiger partial charge in [0.2, 0.25) is 0 Å². The van der Waals surface area contributed by atoms with Crippen LogP contribution in [0.25, 0.3) is 0 Å². The van der Waals surface area contributed by atoms with Crippen LogP contribution >= 0.6 is 0 Å². The quantitative estimate of drug-likeness (QED) is 0.379. The Morgan fingerprint density at radius 1 is 0.800 bits per heavy atom. The summed E-state index contributed by atoms with van der Waals surface area (Å²) in [5.41, 5.74) is -1.10. The van der Waals surface area contributed by atoms with Gasteiger partial charge in [0, 0.05) is 25.2 Å². The predicted octanol–water partition coefficient (Wildman–Crippen LogP) is 6.85. The minimum Gasteiger partial charge on any atom is -0.462 e. The molecule has 5 rings (SSSR count). The van der Waals surface area contributed by atoms with Gasteiger partial charge in [-0.2, -0.15) is 0 Å². The van der Waals surface area contributed by atoms with Gasteiger partial charge in [-0.1, -0.05) is 34.6 Å². The van der Waals surface area contributed by atoms with E-state index in [0.717, 1.165) is 57.8 Å². The number of esters is 2. The first kappa shape index (κ1) is 30.3. The lowest BCUT2D eigenvalue weighted by atomic mass is 9.35. The highest BCUT2D eigenvalue weighted by molar-refractivity contribution is 5.66. The molecule has 4 unspecified atom stereocenters. The second-order valence-electron chi connectivity index (χ2n) is 16.6. The largest absolute Gasteiger partial charge is 0.462 e. The number of ether oxygens (including phenoxy) is 3. The van der Waals surface area contributed by atoms with Gasteiger partial charge in [0.25, 0.3) is 0 Å². The number of hydrogen-bond acceptors (Lipinski definition) is 6. The standard InChI is InChI=1S/C34H56O6/c1-20(35)38-23-19-25-31(7)15-13-26(39-21(2)36)29(3,4)24(31)12-17-32(25,8)33(9)16-11-22(28(23)33)34(10)18-14-27(40-34)30(5,6)37/h22-28,37H,11-19H2,1-10H3/t22-,23?,24?,25?,26+,27-,28?,31-,32+,33+,34+/m0/s1. The van der Waals surface area contributed by atoms with E-state index >= 15 is 0 Å². The van der Waals surface area contributed by atoms with Gasteiger partial charge in [-0.05, 0) is 113 Å². The zero-order chi connectivity index (χ0) is 29.7. The van der Waals surface area contributed by atoms with Crippen molar-refractivity contribution in [1.82, 2.24) is 0 Å². The third-order valence-corrected chi connectivity index (χ3v) is 13.8. The van der Waals surface area contributed by atoms with Crippen molar-refractivity contribution < 1.29 is 28.9 Å². The molecule has 11 atom stereocenters. The van der Waals surface area contributed by atoms with Crippen LogP contribution in [-0.4, -0.2) is 46.6 Å². The van der Waals surface area contributed by atoms with E-state index in [4.69, 9.17) is 14.2 Å². The van der Waals surface area contributed by atoms with E-state index in [9.17, 15) is 14.7 Å². The van der Waals surface area contributed by atoms with Gasteiger partial charge in [-0.25, -0.2) is 0 Å². The Hall–Kier alpha value is -1.14. The topological polar surface area (TPSA) is 82.1 Å². The average Bonchev–Trinajstić information content (AvgIpc) is 3.39. The molecule has 5 fully saturated rings. The fraction of sp³-hybridized carbons (Fsp3) is 0.941. The van der Waals surface area contributed by atoms with Gasteiger partial charge in [0.1, 0.15) is 12.2 Å². The molecule has 4 aliphatic carbocycles. The second-order valence-corrected chi connectivity index (χ2v) is 16.6. The highest BCUT2D eigenvalue weighted by Gasteiger charge is 2.72. The third-order valence-electron chi connectivity index (χ3n) is 13.8. The smallest absolute Gasteiger partial charge is 0.302 e. The Kier molecular flexibility index (Phi) is 7.15. The summed E-state index contributed by atoms with van der Waals surface area (Å²) in [6.07, 6.45) is 8.68. The summed E-state index contributed by atoms with van der Waals surface area (Å²) in [5, 5.41) is 10.8. The molecule has 1 heterocycles. The maximum absolute atomic E-state index is 12.6. The molecule has 6 nitrogen and oxygen atoms in total. The van der Waals surface area contributed by atoms with Crippen molar-refractivity contribution in [2.75, 3.05) is 0 Å². The Labute approximate surface area is 242 Å². The van der Waals surface area contributed by atoms with Crippen molar-refractivity contribution >= 4 is 11.9 Å². The zero-order valence-corrected chi connectivity index (χ0v) is 26.9. The summed E-state index contributed by atoms with van der Waals surface area (Å²) < 4.78 is 19.0. The SMILES string of the molecule is CC(=O)OC1CC2[C@@]3(C)CC[C@@H](OC(C)=O)C(C)(C)C3CC[C@@]2(C)[C@]2(C)CC[C@H]([C@@]3(C)CC[C@@H](C(C)(C)O)O3)C12. The van der Waals surface area contributed by atoms with Gasteiger partial charge >= 0.3 is 11.9 Å². The Morgan fingerprint density at radius 3 is 2.00 bits per heavy atom. The zero-order valence-electron chi connectivity index (χ0n) is 26.9. The molecule has 5 aliphatic rings. The summed E-state index contributed by atoms with van der Waals surface area (Å²) in [7, 11) is 0. The molecule has 0 aromatic carbocycles. The van der Waals surface area contributed by atoms with Crippen LogP contribution in [0.2, 0.25) is 0 Å². The van der Waals surface area contributed by atoms with E-state index in [2.05, 4.69) is 41.5 Å². The van der Waals surface area contributed by atoms with Crippen LogP contribution in [-0.2, 0) is 23.8 Å². The summed E-state index contributed by atoms with van der Waals surface area (Å²) in [4.78, 5) is 24.6. The number of carbonyl (C=O) groups excluding carboxylic acids is 2. The molecular formula is C34H56O6. The van der Waals surface area contributed by atoms with Gasteiger partial charge in [0.15, 0.2) is 0 Å². The maximum Gasteiger partial charge on any atom is 0.302 e. The third kappa shape index (κ3) is 4.31. The minimum absolute atomic E-state index is 0.0186. The molecule has 0 spiro atoms. The number of carbonyl (C=O) groups is 2. The molecule has 1 aliphatic heterocycles. The molecular weight excluding hydrogens is 504 g/mol. The van der Waals surface area contributed by atoms with Crippen LogP contribution in [0.4, 0.5) is 0 Å². The van der Waals surface area contributed by atoms with Crippen LogP contribution < -0.4 is 0 Å². The maximum atomic E-state index is 12.6. The van der Waals surface area contributed by atoms with Gasteiger partial charge in [-0.15, -0.1) is 0 Å². The van der Waals surface area contributed by atoms with Crippen molar-refractivity contribution in [2.24, 2.45) is 45.3 Å². The van der Waals surface area contributed by atoms with Crippen LogP contribution in [0, 0.1) is 45.3 Å². The Morgan fingerprint density at radius 2 is 1.43 bits per heavy atom. The molecule has 0 radical (unpaired) electrons. The summed E-state index contributed by atoms with van der Waals surface area (Å²) >= 11 is 0. The van der Waals surface area contributed by atoms with Crippen LogP contribution in [0.3, 0.4) is 0 Å². The number of aliphatic hydroxyl groups is 1. The lowest BCUT2D eigenvalue weighted by molar-refractivity contribution is -0.254. The molecule has 1 N–H and O–H groups in total. The fourth-order valence-corrected chi connectivity index (χ4v) is 11.8. The van der Waals surface area contributed by atoms with Crippen molar-refractivity contribution in [2.45, 2.75) is 157 Å². The number of fused-ring (bicyclic) bond motifs is 5. The van der Waals surface area contributed by atoms with Gasteiger partial charge in [0.05, 0.1) is 17.3 Å². The van der Waals surface area contributed by atoms with E-state index in [1.54, 1.807) is 6.92 Å². The molecule has 228 valence electrons. The van der Waals surface area contributed by atoms with E-state index in [0.29, 0.717) is 11.8 Å². The highest BCUT2D eigenvalue weighted by atomic mass is 16.6. The summed E-state index contributed by atoms with van der Waals surface area (Å²) in [6.45, 7) is 21.2. The van der Waals surface area contributed by atoms with Crippen molar-refractivity contribution in [3.05, 3.63) is 0 Å². The van der Waals surface area contributed by atoms with Crippen LogP contribution in [0.5, 0.6) is 0 Å². The van der Waals surface area contributed by atoms with E-state index in [1.165, 1.54) is 6.92 Å².